The minimum atomic E-state index is -4.45. The lowest BCUT2D eigenvalue weighted by Crippen LogP contribution is -2.23. The summed E-state index contributed by atoms with van der Waals surface area (Å²) < 4.78 is 39.0. The molecule has 1 aliphatic carbocycles. The number of hydrogen-bond donors (Lipinski definition) is 1. The zero-order chi connectivity index (χ0) is 15.5. The fourth-order valence-electron chi connectivity index (χ4n) is 3.36. The van der Waals surface area contributed by atoms with Crippen molar-refractivity contribution in [2.75, 3.05) is 0 Å². The third kappa shape index (κ3) is 3.96. The lowest BCUT2D eigenvalue weighted by molar-refractivity contribution is -0.139. The van der Waals surface area contributed by atoms with E-state index in [2.05, 4.69) is 11.9 Å². The van der Waals surface area contributed by atoms with E-state index in [0.29, 0.717) is 5.92 Å². The molecule has 1 heterocycles. The number of halogens is 3. The number of nitrogens with zero attached hydrogens (tertiary/aromatic N) is 1. The summed E-state index contributed by atoms with van der Waals surface area (Å²) in [6.45, 7) is 2.15. The third-order valence-corrected chi connectivity index (χ3v) is 4.51. The summed E-state index contributed by atoms with van der Waals surface area (Å²) in [6, 6.07) is 0.946. The Kier molecular flexibility index (Phi) is 5.25. The van der Waals surface area contributed by atoms with Crippen molar-refractivity contribution >= 4 is 0 Å². The van der Waals surface area contributed by atoms with E-state index >= 15 is 0 Å². The monoisotopic (exact) mass is 301 g/mol. The van der Waals surface area contributed by atoms with Crippen molar-refractivity contribution in [3.05, 3.63) is 29.6 Å². The molecule has 0 amide bonds. The van der Waals surface area contributed by atoms with Crippen molar-refractivity contribution in [3.8, 4) is 0 Å². The molecule has 1 N–H and O–H groups in total. The Bertz CT molecular complexity index is 453. The largest absolute Gasteiger partial charge is 0.416 e. The molecule has 2 rings (SSSR count). The summed E-state index contributed by atoms with van der Waals surface area (Å²) in [7, 11) is 0. The molecule has 2 nitrogen and oxygen atoms in total. The number of aliphatic hydroxyl groups is 1. The Hall–Kier alpha value is -1.10. The summed E-state index contributed by atoms with van der Waals surface area (Å²) in [5.41, 5.74) is -0.843. The highest BCUT2D eigenvalue weighted by atomic mass is 19.4. The molecule has 0 aliphatic heterocycles. The highest BCUT2D eigenvalue weighted by molar-refractivity contribution is 5.28. The Morgan fingerprint density at radius 3 is 2.52 bits per heavy atom. The van der Waals surface area contributed by atoms with Gasteiger partial charge in [-0.3, -0.25) is 4.98 Å². The van der Waals surface area contributed by atoms with Crippen LogP contribution in [0.1, 0.15) is 62.7 Å². The minimum absolute atomic E-state index is 0.0797. The average Bonchev–Trinajstić information content (AvgIpc) is 2.47. The van der Waals surface area contributed by atoms with E-state index in [-0.39, 0.29) is 11.5 Å². The van der Waals surface area contributed by atoms with E-state index in [1.165, 1.54) is 6.42 Å². The van der Waals surface area contributed by atoms with Gasteiger partial charge in [-0.2, -0.15) is 13.2 Å². The van der Waals surface area contributed by atoms with Gasteiger partial charge in [-0.25, -0.2) is 0 Å². The highest BCUT2D eigenvalue weighted by Gasteiger charge is 2.37. The molecule has 0 radical (unpaired) electrons. The molecule has 0 aromatic carbocycles. The van der Waals surface area contributed by atoms with Gasteiger partial charge in [0.2, 0.25) is 0 Å². The van der Waals surface area contributed by atoms with Crippen molar-refractivity contribution in [1.82, 2.24) is 4.98 Å². The summed E-state index contributed by atoms with van der Waals surface area (Å²) in [5.74, 6) is 0.567. The second-order valence-corrected chi connectivity index (χ2v) is 5.98. The molecule has 1 saturated carbocycles. The fourth-order valence-corrected chi connectivity index (χ4v) is 3.36. The fraction of sp³-hybridized carbons (Fsp3) is 0.688. The second kappa shape index (κ2) is 6.77. The van der Waals surface area contributed by atoms with Crippen LogP contribution in [-0.2, 0) is 6.18 Å². The van der Waals surface area contributed by atoms with Gasteiger partial charge >= 0.3 is 6.18 Å². The van der Waals surface area contributed by atoms with E-state index in [1.807, 2.05) is 0 Å². The van der Waals surface area contributed by atoms with Crippen molar-refractivity contribution in [2.24, 2.45) is 11.8 Å². The molecular formula is C16H22F3NO. The van der Waals surface area contributed by atoms with Gasteiger partial charge in [0.1, 0.15) is 0 Å². The van der Waals surface area contributed by atoms with Gasteiger partial charge in [0.05, 0.1) is 11.7 Å². The predicted octanol–water partition coefficient (Wildman–Crippen LogP) is 4.74. The standard InChI is InChI=1S/C16H22F3NO/c1-2-3-11-4-6-12(7-5-11)15(21)13-10-20-9-8-14(13)16(17,18)19/h8-12,15,21H,2-7H2,1H3. The van der Waals surface area contributed by atoms with E-state index in [1.54, 1.807) is 0 Å². The molecule has 1 atom stereocenters. The van der Waals surface area contributed by atoms with Gasteiger partial charge in [0, 0.05) is 18.0 Å². The van der Waals surface area contributed by atoms with E-state index < -0.39 is 17.8 Å². The predicted molar refractivity (Wildman–Crippen MR) is 74.6 cm³/mol. The van der Waals surface area contributed by atoms with Crippen molar-refractivity contribution in [2.45, 2.75) is 57.7 Å². The normalized spacial score (nSPS) is 24.8. The van der Waals surface area contributed by atoms with Crippen LogP contribution in [0, 0.1) is 11.8 Å². The Morgan fingerprint density at radius 2 is 1.95 bits per heavy atom. The Morgan fingerprint density at radius 1 is 1.29 bits per heavy atom. The number of hydrogen-bond acceptors (Lipinski definition) is 2. The lowest BCUT2D eigenvalue weighted by atomic mass is 9.76. The molecule has 1 aromatic heterocycles. The van der Waals surface area contributed by atoms with Crippen molar-refractivity contribution < 1.29 is 18.3 Å². The van der Waals surface area contributed by atoms with Crippen LogP contribution in [0.2, 0.25) is 0 Å². The first-order chi connectivity index (χ1) is 9.93. The Labute approximate surface area is 123 Å². The molecule has 1 aromatic rings. The molecular weight excluding hydrogens is 279 g/mol. The van der Waals surface area contributed by atoms with Crippen LogP contribution in [0.15, 0.2) is 18.5 Å². The summed E-state index contributed by atoms with van der Waals surface area (Å²) in [6.07, 6.45) is 2.64. The van der Waals surface area contributed by atoms with Gasteiger partial charge in [-0.1, -0.05) is 32.6 Å². The smallest absolute Gasteiger partial charge is 0.388 e. The molecule has 1 aliphatic rings. The van der Waals surface area contributed by atoms with Crippen LogP contribution in [0.25, 0.3) is 0 Å². The van der Waals surface area contributed by atoms with Crippen LogP contribution in [0.5, 0.6) is 0 Å². The number of rotatable bonds is 4. The zero-order valence-corrected chi connectivity index (χ0v) is 12.2. The van der Waals surface area contributed by atoms with Gasteiger partial charge in [-0.05, 0) is 30.7 Å². The SMILES string of the molecule is CCCC1CCC(C(O)c2cnccc2C(F)(F)F)CC1. The quantitative estimate of drug-likeness (QED) is 0.871. The van der Waals surface area contributed by atoms with Gasteiger partial charge in [0.15, 0.2) is 0 Å². The topological polar surface area (TPSA) is 33.1 Å². The van der Waals surface area contributed by atoms with Crippen LogP contribution >= 0.6 is 0 Å². The van der Waals surface area contributed by atoms with Crippen LogP contribution < -0.4 is 0 Å². The molecule has 21 heavy (non-hydrogen) atoms. The number of pyridine rings is 1. The van der Waals surface area contributed by atoms with Crippen LogP contribution in [0.3, 0.4) is 0 Å². The maximum atomic E-state index is 13.0. The second-order valence-electron chi connectivity index (χ2n) is 5.98. The molecule has 0 saturated heterocycles. The molecule has 0 bridgehead atoms. The average molecular weight is 301 g/mol. The van der Waals surface area contributed by atoms with E-state index in [4.69, 9.17) is 0 Å². The molecule has 5 heteroatoms. The lowest BCUT2D eigenvalue weighted by Gasteiger charge is -2.32. The first-order valence-electron chi connectivity index (χ1n) is 7.62. The van der Waals surface area contributed by atoms with Gasteiger partial charge < -0.3 is 5.11 Å². The number of aliphatic hydroxyl groups excluding tert-OH is 1. The third-order valence-electron chi connectivity index (χ3n) is 4.51. The van der Waals surface area contributed by atoms with Crippen LogP contribution in [0.4, 0.5) is 13.2 Å². The van der Waals surface area contributed by atoms with Gasteiger partial charge in [-0.15, -0.1) is 0 Å². The maximum Gasteiger partial charge on any atom is 0.416 e. The minimum Gasteiger partial charge on any atom is -0.388 e. The number of alkyl halides is 3. The first kappa shape index (κ1) is 16.3. The van der Waals surface area contributed by atoms with E-state index in [0.717, 1.165) is 50.6 Å². The van der Waals surface area contributed by atoms with Crippen molar-refractivity contribution in [3.63, 3.8) is 0 Å². The maximum absolute atomic E-state index is 13.0. The molecule has 0 spiro atoms. The summed E-state index contributed by atoms with van der Waals surface area (Å²) >= 11 is 0. The molecule has 1 fully saturated rings. The first-order valence-corrected chi connectivity index (χ1v) is 7.62. The summed E-state index contributed by atoms with van der Waals surface area (Å²) in [5, 5.41) is 10.4. The highest BCUT2D eigenvalue weighted by Crippen LogP contribution is 2.41. The molecule has 118 valence electrons. The van der Waals surface area contributed by atoms with E-state index in [9.17, 15) is 18.3 Å². The number of aromatic nitrogens is 1. The van der Waals surface area contributed by atoms with Crippen molar-refractivity contribution in [1.29, 1.82) is 0 Å². The van der Waals surface area contributed by atoms with Gasteiger partial charge in [0.25, 0.3) is 0 Å². The summed E-state index contributed by atoms with van der Waals surface area (Å²) in [4.78, 5) is 3.76. The molecule has 1 unspecified atom stereocenters. The van der Waals surface area contributed by atoms with Crippen LogP contribution in [-0.4, -0.2) is 10.1 Å². The Balaban J connectivity index is 2.09. The zero-order valence-electron chi connectivity index (χ0n) is 12.2.